The summed E-state index contributed by atoms with van der Waals surface area (Å²) in [7, 11) is 0. The number of carbonyl (C=O) groups is 1. The van der Waals surface area contributed by atoms with Gasteiger partial charge in [-0.15, -0.1) is 0 Å². The van der Waals surface area contributed by atoms with Gasteiger partial charge in [0.05, 0.1) is 10.0 Å². The summed E-state index contributed by atoms with van der Waals surface area (Å²) < 4.78 is 0. The van der Waals surface area contributed by atoms with Gasteiger partial charge in [-0.05, 0) is 43.5 Å². The van der Waals surface area contributed by atoms with Crippen LogP contribution in [0.3, 0.4) is 0 Å². The second-order valence-corrected chi connectivity index (χ2v) is 6.24. The number of aromatic hydroxyl groups is 1. The molecule has 1 aromatic heterocycles. The van der Waals surface area contributed by atoms with Crippen LogP contribution in [-0.4, -0.2) is 16.0 Å². The van der Waals surface area contributed by atoms with E-state index >= 15 is 0 Å². The molecule has 0 atom stereocenters. The number of aryl methyl sites for hydroxylation is 3. The van der Waals surface area contributed by atoms with E-state index < -0.39 is 0 Å². The Labute approximate surface area is 149 Å². The Bertz CT molecular complexity index is 831. The lowest BCUT2D eigenvalue weighted by molar-refractivity contribution is -0.116. The van der Waals surface area contributed by atoms with Gasteiger partial charge in [0.25, 0.3) is 5.56 Å². The Hall–Kier alpha value is -1.98. The van der Waals surface area contributed by atoms with E-state index in [1.165, 1.54) is 12.1 Å². The van der Waals surface area contributed by atoms with Crippen molar-refractivity contribution in [3.05, 3.63) is 55.4 Å². The van der Waals surface area contributed by atoms with Gasteiger partial charge in [0.1, 0.15) is 5.69 Å². The van der Waals surface area contributed by atoms with E-state index in [9.17, 15) is 14.7 Å². The molecule has 7 heteroatoms. The number of benzene rings is 1. The second-order valence-electron chi connectivity index (χ2n) is 5.43. The van der Waals surface area contributed by atoms with Crippen LogP contribution in [0.4, 0.5) is 5.69 Å². The van der Waals surface area contributed by atoms with Crippen molar-refractivity contribution < 1.29 is 9.90 Å². The van der Waals surface area contributed by atoms with Gasteiger partial charge < -0.3 is 15.4 Å². The zero-order valence-corrected chi connectivity index (χ0v) is 14.9. The quantitative estimate of drug-likeness (QED) is 0.701. The summed E-state index contributed by atoms with van der Waals surface area (Å²) in [5.74, 6) is -0.647. The summed E-state index contributed by atoms with van der Waals surface area (Å²) in [4.78, 5) is 26.9. The third-order valence-corrected chi connectivity index (χ3v) is 4.39. The molecule has 1 amide bonds. The van der Waals surface area contributed by atoms with Crippen LogP contribution >= 0.6 is 23.2 Å². The normalized spacial score (nSPS) is 10.7. The predicted octanol–water partition coefficient (Wildman–Crippen LogP) is 3.83. The molecular formula is C17H18Cl2N2O3. The first kappa shape index (κ1) is 18.4. The molecule has 24 heavy (non-hydrogen) atoms. The average molecular weight is 369 g/mol. The van der Waals surface area contributed by atoms with Gasteiger partial charge >= 0.3 is 0 Å². The number of pyridine rings is 1. The minimum atomic E-state index is -0.368. The number of anilines is 1. The molecule has 0 aliphatic heterocycles. The van der Waals surface area contributed by atoms with Crippen molar-refractivity contribution in [2.75, 3.05) is 5.32 Å². The molecule has 0 saturated heterocycles. The number of rotatable bonds is 5. The van der Waals surface area contributed by atoms with Gasteiger partial charge in [0.2, 0.25) is 5.91 Å². The molecule has 0 radical (unpaired) electrons. The SMILES string of the molecule is CCc1cc(CCC(=O)Nc2c(Cl)ccc(Cl)c2O)c(=O)[nH]c1C. The lowest BCUT2D eigenvalue weighted by Gasteiger charge is -2.11. The third-order valence-electron chi connectivity index (χ3n) is 3.77. The fraction of sp³-hybridized carbons (Fsp3) is 0.294. The molecule has 1 aromatic carbocycles. The van der Waals surface area contributed by atoms with Crippen molar-refractivity contribution in [1.82, 2.24) is 4.98 Å². The molecule has 2 rings (SSSR count). The Balaban J connectivity index is 2.10. The first-order valence-electron chi connectivity index (χ1n) is 7.52. The molecule has 0 aliphatic rings. The third kappa shape index (κ3) is 4.10. The minimum Gasteiger partial charge on any atom is -0.504 e. The molecule has 2 aromatic rings. The van der Waals surface area contributed by atoms with Crippen LogP contribution in [-0.2, 0) is 17.6 Å². The van der Waals surface area contributed by atoms with Crippen molar-refractivity contribution >= 4 is 34.8 Å². The smallest absolute Gasteiger partial charge is 0.251 e. The number of hydrogen-bond acceptors (Lipinski definition) is 3. The van der Waals surface area contributed by atoms with Crippen LogP contribution in [0.5, 0.6) is 5.75 Å². The molecular weight excluding hydrogens is 351 g/mol. The largest absolute Gasteiger partial charge is 0.504 e. The van der Waals surface area contributed by atoms with Crippen molar-refractivity contribution in [3.63, 3.8) is 0 Å². The highest BCUT2D eigenvalue weighted by atomic mass is 35.5. The monoisotopic (exact) mass is 368 g/mol. The highest BCUT2D eigenvalue weighted by molar-refractivity contribution is 6.37. The second kappa shape index (κ2) is 7.73. The summed E-state index contributed by atoms with van der Waals surface area (Å²) in [5.41, 5.74) is 2.31. The van der Waals surface area contributed by atoms with Crippen LogP contribution < -0.4 is 10.9 Å². The molecule has 0 fully saturated rings. The van der Waals surface area contributed by atoms with E-state index in [1.54, 1.807) is 0 Å². The number of phenolic OH excluding ortho intramolecular Hbond substituents is 1. The zero-order chi connectivity index (χ0) is 17.9. The molecule has 3 N–H and O–H groups in total. The maximum atomic E-state index is 12.1. The van der Waals surface area contributed by atoms with Crippen LogP contribution in [0.25, 0.3) is 0 Å². The molecule has 5 nitrogen and oxygen atoms in total. The molecule has 0 bridgehead atoms. The number of carbonyl (C=O) groups excluding carboxylic acids is 1. The topological polar surface area (TPSA) is 82.2 Å². The van der Waals surface area contributed by atoms with E-state index in [0.717, 1.165) is 17.7 Å². The van der Waals surface area contributed by atoms with Crippen molar-refractivity contribution in [2.24, 2.45) is 0 Å². The number of amides is 1. The van der Waals surface area contributed by atoms with E-state index in [0.29, 0.717) is 5.56 Å². The lowest BCUT2D eigenvalue weighted by Crippen LogP contribution is -2.19. The molecule has 0 spiro atoms. The average Bonchev–Trinajstić information content (AvgIpc) is 2.54. The summed E-state index contributed by atoms with van der Waals surface area (Å²) in [5, 5.41) is 12.7. The van der Waals surface area contributed by atoms with Crippen LogP contribution in [0.1, 0.15) is 30.2 Å². The highest BCUT2D eigenvalue weighted by Gasteiger charge is 2.14. The van der Waals surface area contributed by atoms with E-state index in [4.69, 9.17) is 23.2 Å². The van der Waals surface area contributed by atoms with Gasteiger partial charge in [-0.3, -0.25) is 9.59 Å². The fourth-order valence-corrected chi connectivity index (χ4v) is 2.74. The number of nitrogens with one attached hydrogen (secondary N) is 2. The van der Waals surface area contributed by atoms with Gasteiger partial charge in [-0.2, -0.15) is 0 Å². The molecule has 1 heterocycles. The molecule has 0 unspecified atom stereocenters. The fourth-order valence-electron chi connectivity index (χ4n) is 2.38. The highest BCUT2D eigenvalue weighted by Crippen LogP contribution is 2.37. The summed E-state index contributed by atoms with van der Waals surface area (Å²) in [6.45, 7) is 3.85. The maximum Gasteiger partial charge on any atom is 0.251 e. The lowest BCUT2D eigenvalue weighted by atomic mass is 10.1. The Morgan fingerprint density at radius 2 is 1.92 bits per heavy atom. The van der Waals surface area contributed by atoms with Crippen LogP contribution in [0.15, 0.2) is 23.0 Å². The van der Waals surface area contributed by atoms with Crippen LogP contribution in [0, 0.1) is 6.92 Å². The number of aromatic amines is 1. The van der Waals surface area contributed by atoms with Crippen molar-refractivity contribution in [1.29, 1.82) is 0 Å². The van der Waals surface area contributed by atoms with Gasteiger partial charge in [-0.25, -0.2) is 0 Å². The molecule has 128 valence electrons. The van der Waals surface area contributed by atoms with Gasteiger partial charge in [0.15, 0.2) is 5.75 Å². The van der Waals surface area contributed by atoms with E-state index in [1.807, 2.05) is 19.9 Å². The van der Waals surface area contributed by atoms with Gasteiger partial charge in [0, 0.05) is 17.7 Å². The van der Waals surface area contributed by atoms with Crippen molar-refractivity contribution in [2.45, 2.75) is 33.1 Å². The number of H-pyrrole nitrogens is 1. The van der Waals surface area contributed by atoms with E-state index in [2.05, 4.69) is 10.3 Å². The maximum absolute atomic E-state index is 12.1. The first-order chi connectivity index (χ1) is 11.3. The Kier molecular flexibility index (Phi) is 5.91. The Morgan fingerprint density at radius 1 is 1.25 bits per heavy atom. The minimum absolute atomic E-state index is 0.0706. The van der Waals surface area contributed by atoms with Crippen molar-refractivity contribution in [3.8, 4) is 5.75 Å². The van der Waals surface area contributed by atoms with Crippen LogP contribution in [0.2, 0.25) is 10.0 Å². The predicted molar refractivity (Wildman–Crippen MR) is 96.3 cm³/mol. The first-order valence-corrected chi connectivity index (χ1v) is 8.27. The Morgan fingerprint density at radius 3 is 2.58 bits per heavy atom. The van der Waals surface area contributed by atoms with E-state index in [-0.39, 0.29) is 45.8 Å². The van der Waals surface area contributed by atoms with Gasteiger partial charge in [-0.1, -0.05) is 30.1 Å². The number of phenols is 1. The molecule has 0 aliphatic carbocycles. The standard InChI is InChI=1S/C17H18Cl2N2O3/c1-3-10-8-11(17(24)20-9(10)2)4-7-14(22)21-15-12(18)5-6-13(19)16(15)23/h5-6,8,23H,3-4,7H2,1-2H3,(H,20,24)(H,21,22). The number of aromatic nitrogens is 1. The zero-order valence-electron chi connectivity index (χ0n) is 13.4. The summed E-state index contributed by atoms with van der Waals surface area (Å²) >= 11 is 11.8. The number of hydrogen-bond donors (Lipinski definition) is 3. The number of halogens is 2. The summed E-state index contributed by atoms with van der Waals surface area (Å²) in [6.07, 6.45) is 1.17. The molecule has 0 saturated carbocycles. The summed E-state index contributed by atoms with van der Waals surface area (Å²) in [6, 6.07) is 4.75.